The van der Waals surface area contributed by atoms with Crippen molar-refractivity contribution in [2.24, 2.45) is 0 Å². The molecule has 4 heteroatoms. The fourth-order valence-electron chi connectivity index (χ4n) is 17.7. The average molecular weight is 1180 g/mol. The number of anilines is 7. The van der Waals surface area contributed by atoms with Crippen molar-refractivity contribution in [2.45, 2.75) is 89.4 Å². The lowest BCUT2D eigenvalue weighted by molar-refractivity contribution is 0.569. The first kappa shape index (κ1) is 55.0. The summed E-state index contributed by atoms with van der Waals surface area (Å²) in [5.74, 6) is 0. The summed E-state index contributed by atoms with van der Waals surface area (Å²) in [4.78, 5) is 7.79. The zero-order valence-electron chi connectivity index (χ0n) is 54.6. The molecule has 0 aromatic heterocycles. The molecule has 3 nitrogen and oxygen atoms in total. The normalized spacial score (nSPS) is 15.0. The third-order valence-corrected chi connectivity index (χ3v) is 21.9. The molecule has 0 bridgehead atoms. The zero-order valence-corrected chi connectivity index (χ0v) is 54.6. The highest BCUT2D eigenvalue weighted by molar-refractivity contribution is 7.00. The second-order valence-corrected chi connectivity index (χ2v) is 30.2. The van der Waals surface area contributed by atoms with E-state index in [-0.39, 0.29) is 23.0 Å². The Morgan fingerprint density at radius 2 is 0.630 bits per heavy atom. The van der Waals surface area contributed by atoms with E-state index in [0.717, 1.165) is 5.69 Å². The monoisotopic (exact) mass is 1180 g/mol. The van der Waals surface area contributed by atoms with E-state index in [0.29, 0.717) is 0 Å². The lowest BCUT2D eigenvalue weighted by Crippen LogP contribution is -2.61. The van der Waals surface area contributed by atoms with Crippen LogP contribution in [0.5, 0.6) is 0 Å². The van der Waals surface area contributed by atoms with Crippen molar-refractivity contribution < 1.29 is 0 Å². The third-order valence-electron chi connectivity index (χ3n) is 21.9. The molecule has 0 fully saturated rings. The molecule has 12 aromatic carbocycles. The fraction of sp³-hybridized carbons (Fsp3) is 0.182. The maximum Gasteiger partial charge on any atom is 0.252 e. The van der Waals surface area contributed by atoms with Gasteiger partial charge in [0.25, 0.3) is 6.71 Å². The Hall–Kier alpha value is -9.90. The summed E-state index contributed by atoms with van der Waals surface area (Å²) >= 11 is 0. The molecule has 0 saturated heterocycles. The number of rotatable bonds is 4. The van der Waals surface area contributed by atoms with Gasteiger partial charge < -0.3 is 14.7 Å². The van der Waals surface area contributed by atoms with Gasteiger partial charge in [0.05, 0.1) is 22.2 Å². The molecule has 0 unspecified atom stereocenters. The van der Waals surface area contributed by atoms with Crippen molar-refractivity contribution >= 4 is 62.9 Å². The Labute approximate surface area is 543 Å². The largest absolute Gasteiger partial charge is 0.378 e. The van der Waals surface area contributed by atoms with Gasteiger partial charge in [-0.1, -0.05) is 269 Å². The van der Waals surface area contributed by atoms with Gasteiger partial charge in [-0.2, -0.15) is 0 Å². The van der Waals surface area contributed by atoms with Gasteiger partial charge in [-0.05, 0) is 181 Å². The molecular formula is C88H74BN3. The van der Waals surface area contributed by atoms with E-state index in [2.05, 4.69) is 340 Å². The minimum absolute atomic E-state index is 0.0638. The van der Waals surface area contributed by atoms with Crippen LogP contribution in [-0.4, -0.2) is 20.8 Å². The van der Waals surface area contributed by atoms with Crippen LogP contribution in [0.1, 0.15) is 124 Å². The Balaban J connectivity index is 0.990. The molecule has 4 aliphatic carbocycles. The van der Waals surface area contributed by atoms with Gasteiger partial charge >= 0.3 is 0 Å². The van der Waals surface area contributed by atoms with Gasteiger partial charge in [0.15, 0.2) is 0 Å². The summed E-state index contributed by atoms with van der Waals surface area (Å²) in [5, 5.41) is 0. The Morgan fingerprint density at radius 1 is 0.293 bits per heavy atom. The van der Waals surface area contributed by atoms with E-state index in [1.807, 2.05) is 0 Å². The molecule has 0 radical (unpaired) electrons. The van der Waals surface area contributed by atoms with Crippen LogP contribution in [0.4, 0.5) is 39.8 Å². The minimum Gasteiger partial charge on any atom is -0.378 e. The lowest BCUT2D eigenvalue weighted by Gasteiger charge is -2.47. The quantitative estimate of drug-likeness (QED) is 0.163. The van der Waals surface area contributed by atoms with Crippen molar-refractivity contribution in [3.8, 4) is 55.6 Å². The molecule has 2 spiro atoms. The number of hydrogen-bond donors (Lipinski definition) is 0. The van der Waals surface area contributed by atoms with Crippen molar-refractivity contribution in [3.63, 3.8) is 0 Å². The van der Waals surface area contributed by atoms with Gasteiger partial charge in [-0.25, -0.2) is 0 Å². The van der Waals surface area contributed by atoms with Crippen molar-refractivity contribution in [1.82, 2.24) is 0 Å². The summed E-state index contributed by atoms with van der Waals surface area (Å²) in [6.45, 7) is 21.3. The van der Waals surface area contributed by atoms with Crippen LogP contribution in [0, 0.1) is 0 Å². The highest BCUT2D eigenvalue weighted by Crippen LogP contribution is 2.68. The highest BCUT2D eigenvalue weighted by Gasteiger charge is 2.57. The molecule has 18 rings (SSSR count). The molecule has 12 aromatic rings. The van der Waals surface area contributed by atoms with Crippen LogP contribution in [0.25, 0.3) is 55.6 Å². The number of benzene rings is 12. The van der Waals surface area contributed by atoms with E-state index in [1.54, 1.807) is 0 Å². The third kappa shape index (κ3) is 7.19. The molecule has 2 heterocycles. The van der Waals surface area contributed by atoms with Gasteiger partial charge in [0, 0.05) is 53.7 Å². The standard InChI is InChI=1S/C88H74BN3/c1-84(2,3)55-46-54(47-56(49-55)85(4,5)6)53-42-44-73-77(48-53)91(75-40-24-32-65-63-30-16-22-38-71(63)87(81(65)75)67-34-18-12-26-59(67)60-27-13-19-35-68(60)87)79-50-57(86(7,8)9)51-80-83(79)89(73)74-45-43-58(90(10)11)52-78(74)92(80)76-41-25-33-66-64-31-17-23-39-72(64)88(82(66)76)69-36-20-14-28-61(69)62-29-15-21-37-70(62)88/h12-52H,1-11H3. The van der Waals surface area contributed by atoms with Crippen LogP contribution in [-0.2, 0) is 27.1 Å². The van der Waals surface area contributed by atoms with Gasteiger partial charge in [-0.15, -0.1) is 0 Å². The molecule has 2 aliphatic heterocycles. The second kappa shape index (κ2) is 18.9. The second-order valence-electron chi connectivity index (χ2n) is 30.2. The first-order chi connectivity index (χ1) is 44.4. The van der Waals surface area contributed by atoms with E-state index in [1.165, 1.54) is 167 Å². The smallest absolute Gasteiger partial charge is 0.252 e. The molecule has 0 amide bonds. The summed E-state index contributed by atoms with van der Waals surface area (Å²) < 4.78 is 0. The molecule has 92 heavy (non-hydrogen) atoms. The van der Waals surface area contributed by atoms with Crippen molar-refractivity contribution in [1.29, 1.82) is 0 Å². The van der Waals surface area contributed by atoms with Crippen molar-refractivity contribution in [2.75, 3.05) is 28.8 Å². The van der Waals surface area contributed by atoms with Crippen molar-refractivity contribution in [3.05, 3.63) is 310 Å². The molecular weight excluding hydrogens is 1110 g/mol. The highest BCUT2D eigenvalue weighted by atomic mass is 15.2. The van der Waals surface area contributed by atoms with E-state index in [9.17, 15) is 0 Å². The van der Waals surface area contributed by atoms with Gasteiger partial charge in [-0.3, -0.25) is 0 Å². The predicted octanol–water partition coefficient (Wildman–Crippen LogP) is 20.1. The van der Waals surface area contributed by atoms with Crippen LogP contribution in [0.15, 0.2) is 249 Å². The maximum atomic E-state index is 2.77. The molecule has 444 valence electrons. The molecule has 0 saturated carbocycles. The van der Waals surface area contributed by atoms with Crippen LogP contribution in [0.2, 0.25) is 0 Å². The molecule has 0 atom stereocenters. The topological polar surface area (TPSA) is 9.72 Å². The Morgan fingerprint density at radius 3 is 1.01 bits per heavy atom. The number of fused-ring (bicyclic) bond motifs is 24. The van der Waals surface area contributed by atoms with Crippen LogP contribution >= 0.6 is 0 Å². The Kier molecular flexibility index (Phi) is 11.3. The average Bonchev–Trinajstić information content (AvgIpc) is 1.42. The maximum absolute atomic E-state index is 2.77. The number of hydrogen-bond acceptors (Lipinski definition) is 3. The first-order valence-electron chi connectivity index (χ1n) is 33.1. The number of nitrogens with zero attached hydrogens (tertiary/aromatic N) is 3. The lowest BCUT2D eigenvalue weighted by atomic mass is 9.33. The van der Waals surface area contributed by atoms with E-state index in [4.69, 9.17) is 0 Å². The zero-order chi connectivity index (χ0) is 62.7. The summed E-state index contributed by atoms with van der Waals surface area (Å²) in [6.07, 6.45) is 0. The van der Waals surface area contributed by atoms with Gasteiger partial charge in [0.1, 0.15) is 0 Å². The predicted molar refractivity (Wildman–Crippen MR) is 389 cm³/mol. The molecule has 0 N–H and O–H groups in total. The van der Waals surface area contributed by atoms with Crippen LogP contribution in [0.3, 0.4) is 0 Å². The fourth-order valence-corrected chi connectivity index (χ4v) is 17.7. The van der Waals surface area contributed by atoms with E-state index >= 15 is 0 Å². The summed E-state index contributed by atoms with van der Waals surface area (Å²) in [7, 11) is 4.38. The Bertz CT molecular complexity index is 5030. The van der Waals surface area contributed by atoms with Gasteiger partial charge in [0.2, 0.25) is 0 Å². The SMILES string of the molecule is CN(C)c1ccc2c(c1)N(c1cccc3c1C1(c4ccccc4-c4ccccc41)c1ccccc1-3)c1cc(C(C)(C)C)cc3c1B2c1ccc(-c2cc(C(C)(C)C)cc(C(C)(C)C)c2)cc1N3c1cccc2c1C1(c3ccccc3-c3ccccc31)c1ccccc1-2. The van der Waals surface area contributed by atoms with Crippen LogP contribution < -0.4 is 31.1 Å². The summed E-state index contributed by atoms with van der Waals surface area (Å²) in [6, 6.07) is 97.7. The molecule has 6 aliphatic rings. The minimum atomic E-state index is -0.613. The first-order valence-corrected chi connectivity index (χ1v) is 33.1. The van der Waals surface area contributed by atoms with E-state index < -0.39 is 10.8 Å². The summed E-state index contributed by atoms with van der Waals surface area (Å²) in [5.41, 5.74) is 38.2.